The van der Waals surface area contributed by atoms with E-state index in [1.807, 2.05) is 0 Å². The molecule has 0 amide bonds. The van der Waals surface area contributed by atoms with Crippen LogP contribution in [0, 0.1) is 0 Å². The Balaban J connectivity index is 2.15. The summed E-state index contributed by atoms with van der Waals surface area (Å²) in [6, 6.07) is 0. The van der Waals surface area contributed by atoms with Crippen molar-refractivity contribution in [2.45, 2.75) is 282 Å². The number of allylic oxidation sites excluding steroid dienone is 12. The predicted molar refractivity (Wildman–Crippen MR) is 293 cm³/mol. The van der Waals surface area contributed by atoms with Gasteiger partial charge in [0.15, 0.2) is 6.29 Å². The monoisotopic (exact) mass is 985 g/mol. The molecule has 70 heavy (non-hydrogen) atoms. The van der Waals surface area contributed by atoms with Crippen LogP contribution in [0.1, 0.15) is 245 Å². The Morgan fingerprint density at radius 2 is 0.871 bits per heavy atom. The molecule has 9 heteroatoms. The molecule has 6 unspecified atom stereocenters. The Bertz CT molecular complexity index is 1310. The molecular formula is C61H108O9. The molecule has 0 saturated carbocycles. The maximum Gasteiger partial charge on any atom is 0.306 e. The van der Waals surface area contributed by atoms with Gasteiger partial charge in [0.1, 0.15) is 30.5 Å². The molecule has 6 atom stereocenters. The van der Waals surface area contributed by atoms with E-state index < -0.39 is 43.4 Å². The number of rotatable bonds is 50. The first kappa shape index (κ1) is 65.6. The maximum atomic E-state index is 12.9. The summed E-state index contributed by atoms with van der Waals surface area (Å²) in [5, 5.41) is 40.4. The van der Waals surface area contributed by atoms with E-state index in [9.17, 15) is 25.2 Å². The molecule has 1 saturated heterocycles. The van der Waals surface area contributed by atoms with E-state index in [0.717, 1.165) is 64.2 Å². The molecule has 406 valence electrons. The summed E-state index contributed by atoms with van der Waals surface area (Å²) in [6.07, 6.45) is 62.3. The molecule has 1 aliphatic heterocycles. The van der Waals surface area contributed by atoms with Gasteiger partial charge in [-0.25, -0.2) is 0 Å². The minimum absolute atomic E-state index is 0.117. The van der Waals surface area contributed by atoms with Gasteiger partial charge in [-0.1, -0.05) is 228 Å². The average Bonchev–Trinajstić information content (AvgIpc) is 3.36. The fourth-order valence-electron chi connectivity index (χ4n) is 8.63. The normalized spacial score (nSPS) is 19.4. The second kappa shape index (κ2) is 51.5. The Labute approximate surface area is 429 Å². The Morgan fingerprint density at radius 1 is 0.471 bits per heavy atom. The fraction of sp³-hybridized carbons (Fsp3) is 0.787. The van der Waals surface area contributed by atoms with Crippen LogP contribution in [0.3, 0.4) is 0 Å². The zero-order valence-electron chi connectivity index (χ0n) is 45.0. The summed E-state index contributed by atoms with van der Waals surface area (Å²) >= 11 is 0. The second-order valence-electron chi connectivity index (χ2n) is 19.7. The van der Waals surface area contributed by atoms with Crippen molar-refractivity contribution in [2.24, 2.45) is 0 Å². The first-order chi connectivity index (χ1) is 34.4. The Kier molecular flexibility index (Phi) is 48.3. The van der Waals surface area contributed by atoms with Gasteiger partial charge in [-0.3, -0.25) is 4.79 Å². The molecule has 1 fully saturated rings. The lowest BCUT2D eigenvalue weighted by Crippen LogP contribution is -2.59. The number of hydrogen-bond donors (Lipinski definition) is 4. The summed E-state index contributed by atoms with van der Waals surface area (Å²) in [6.45, 7) is 4.45. The highest BCUT2D eigenvalue weighted by molar-refractivity contribution is 5.69. The molecule has 1 rings (SSSR count). The largest absolute Gasteiger partial charge is 0.457 e. The highest BCUT2D eigenvalue weighted by atomic mass is 16.7. The number of carbonyl (C=O) groups is 1. The molecule has 0 aliphatic carbocycles. The van der Waals surface area contributed by atoms with Crippen LogP contribution < -0.4 is 0 Å². The molecule has 0 aromatic carbocycles. The molecule has 4 N–H and O–H groups in total. The van der Waals surface area contributed by atoms with Crippen LogP contribution in [0.15, 0.2) is 72.9 Å². The molecule has 0 spiro atoms. The van der Waals surface area contributed by atoms with E-state index in [0.29, 0.717) is 13.0 Å². The van der Waals surface area contributed by atoms with Crippen molar-refractivity contribution >= 4 is 5.97 Å². The quantitative estimate of drug-likeness (QED) is 0.0267. The van der Waals surface area contributed by atoms with Crippen molar-refractivity contribution in [3.05, 3.63) is 72.9 Å². The van der Waals surface area contributed by atoms with Gasteiger partial charge >= 0.3 is 5.97 Å². The minimum Gasteiger partial charge on any atom is -0.457 e. The van der Waals surface area contributed by atoms with Crippen LogP contribution in [0.4, 0.5) is 0 Å². The fourth-order valence-corrected chi connectivity index (χ4v) is 8.63. The summed E-state index contributed by atoms with van der Waals surface area (Å²) in [4.78, 5) is 12.9. The lowest BCUT2D eigenvalue weighted by molar-refractivity contribution is -0.305. The van der Waals surface area contributed by atoms with Crippen LogP contribution in [-0.2, 0) is 23.7 Å². The Hall–Kier alpha value is -2.37. The zero-order chi connectivity index (χ0) is 50.6. The molecule has 0 aromatic rings. The second-order valence-corrected chi connectivity index (χ2v) is 19.7. The maximum absolute atomic E-state index is 12.9. The number of aliphatic hydroxyl groups excluding tert-OH is 4. The lowest BCUT2D eigenvalue weighted by atomic mass is 9.99. The van der Waals surface area contributed by atoms with Crippen molar-refractivity contribution in [3.8, 4) is 0 Å². The molecule has 0 aromatic heterocycles. The van der Waals surface area contributed by atoms with Crippen LogP contribution in [0.5, 0.6) is 0 Å². The van der Waals surface area contributed by atoms with E-state index in [-0.39, 0.29) is 19.2 Å². The molecule has 9 nitrogen and oxygen atoms in total. The van der Waals surface area contributed by atoms with Gasteiger partial charge in [0.05, 0.1) is 19.8 Å². The number of hydrogen-bond acceptors (Lipinski definition) is 9. The molecule has 0 radical (unpaired) electrons. The summed E-state index contributed by atoms with van der Waals surface area (Å²) in [5.74, 6) is -0.317. The van der Waals surface area contributed by atoms with Gasteiger partial charge in [0.25, 0.3) is 0 Å². The van der Waals surface area contributed by atoms with Gasteiger partial charge in [-0.15, -0.1) is 0 Å². The van der Waals surface area contributed by atoms with Gasteiger partial charge in [-0.05, 0) is 83.5 Å². The standard InChI is InChI=1S/C61H108O9/c1-3-5-7-9-11-13-15-17-19-21-23-25-26-27-28-29-31-33-35-37-39-41-43-45-47-49-51-67-53-55(54-68-61-60(66)59(65)58(64)56(52-62)70-61)69-57(63)50-48-46-44-42-40-38-36-34-32-30-24-22-20-18-16-14-12-10-8-6-4-2/h5,7,11,13,16-19,22-25,55-56,58-62,64-66H,3-4,6,8-10,12,14-15,20-21,26-54H2,1-2H3/b7-5-,13-11-,18-16-,19-17-,24-22-,25-23-. The van der Waals surface area contributed by atoms with Crippen LogP contribution in [0.25, 0.3) is 0 Å². The van der Waals surface area contributed by atoms with Crippen molar-refractivity contribution < 1.29 is 44.2 Å². The Morgan fingerprint density at radius 3 is 1.31 bits per heavy atom. The molecule has 1 heterocycles. The summed E-state index contributed by atoms with van der Waals surface area (Å²) < 4.78 is 23.0. The highest BCUT2D eigenvalue weighted by Gasteiger charge is 2.44. The van der Waals surface area contributed by atoms with Crippen molar-refractivity contribution in [3.63, 3.8) is 0 Å². The number of unbranched alkanes of at least 4 members (excludes halogenated alkanes) is 27. The average molecular weight is 986 g/mol. The van der Waals surface area contributed by atoms with Crippen LogP contribution in [-0.4, -0.2) is 89.6 Å². The SMILES string of the molecule is CC/C=C\C/C=C\C/C=C\C/C=C\CCCCCCCCCCCCCCCOCC(COC1OC(CO)C(O)C(O)C1O)OC(=O)CCCCCCCCCCC/C=C\C/C=C\CCCCCCC. The number of esters is 1. The number of aliphatic hydroxyl groups is 4. The van der Waals surface area contributed by atoms with Crippen molar-refractivity contribution in [2.75, 3.05) is 26.4 Å². The summed E-state index contributed by atoms with van der Waals surface area (Å²) in [7, 11) is 0. The minimum atomic E-state index is -1.54. The third-order valence-corrected chi connectivity index (χ3v) is 13.1. The van der Waals surface area contributed by atoms with Gasteiger partial charge in [0.2, 0.25) is 0 Å². The molecular weight excluding hydrogens is 877 g/mol. The summed E-state index contributed by atoms with van der Waals surface area (Å²) in [5.41, 5.74) is 0. The van der Waals surface area contributed by atoms with Crippen LogP contribution in [0.2, 0.25) is 0 Å². The number of ether oxygens (including phenoxy) is 4. The van der Waals surface area contributed by atoms with Gasteiger partial charge in [0, 0.05) is 13.0 Å². The van der Waals surface area contributed by atoms with Gasteiger partial charge < -0.3 is 39.4 Å². The van der Waals surface area contributed by atoms with E-state index in [4.69, 9.17) is 18.9 Å². The van der Waals surface area contributed by atoms with Crippen molar-refractivity contribution in [1.29, 1.82) is 0 Å². The third-order valence-electron chi connectivity index (χ3n) is 13.1. The predicted octanol–water partition coefficient (Wildman–Crippen LogP) is 15.2. The number of carbonyl (C=O) groups excluding carboxylic acids is 1. The first-order valence-electron chi connectivity index (χ1n) is 29.0. The molecule has 1 aliphatic rings. The van der Waals surface area contributed by atoms with E-state index >= 15 is 0 Å². The van der Waals surface area contributed by atoms with Crippen LogP contribution >= 0.6 is 0 Å². The van der Waals surface area contributed by atoms with E-state index in [2.05, 4.69) is 86.8 Å². The lowest BCUT2D eigenvalue weighted by Gasteiger charge is -2.39. The smallest absolute Gasteiger partial charge is 0.306 e. The van der Waals surface area contributed by atoms with E-state index in [1.165, 1.54) is 161 Å². The first-order valence-corrected chi connectivity index (χ1v) is 29.0. The highest BCUT2D eigenvalue weighted by Crippen LogP contribution is 2.23. The van der Waals surface area contributed by atoms with Gasteiger partial charge in [-0.2, -0.15) is 0 Å². The third kappa shape index (κ3) is 41.1. The van der Waals surface area contributed by atoms with Crippen molar-refractivity contribution in [1.82, 2.24) is 0 Å². The topological polar surface area (TPSA) is 135 Å². The van der Waals surface area contributed by atoms with E-state index in [1.54, 1.807) is 0 Å². The zero-order valence-corrected chi connectivity index (χ0v) is 45.0. The molecule has 0 bridgehead atoms.